The first-order chi connectivity index (χ1) is 7.20. The normalized spacial score (nSPS) is 11.6. The monoisotopic (exact) mass is 242 g/mol. The lowest BCUT2D eigenvalue weighted by atomic mass is 10.2. The highest BCUT2D eigenvalue weighted by molar-refractivity contribution is 7.09. The number of ether oxygens (including phenoxy) is 1. The zero-order valence-electron chi connectivity index (χ0n) is 10.4. The van der Waals surface area contributed by atoms with Crippen LogP contribution in [0.15, 0.2) is 0 Å². The van der Waals surface area contributed by atoms with Gasteiger partial charge in [-0.1, -0.05) is 0 Å². The van der Waals surface area contributed by atoms with Crippen LogP contribution in [0.2, 0.25) is 0 Å². The average Bonchev–Trinajstić information content (AvgIpc) is 2.29. The minimum atomic E-state index is -0.473. The second-order valence-corrected chi connectivity index (χ2v) is 5.92. The number of aromatic nitrogens is 1. The topological polar surface area (TPSA) is 55.1 Å². The van der Waals surface area contributed by atoms with Gasteiger partial charge in [-0.15, -0.1) is 11.3 Å². The van der Waals surface area contributed by atoms with E-state index < -0.39 is 5.60 Å². The Labute approximate surface area is 99.4 Å². The molecule has 0 unspecified atom stereocenters. The molecule has 4 nitrogen and oxygen atoms in total. The minimum Gasteiger partial charge on any atom is -0.459 e. The Kier molecular flexibility index (Phi) is 3.57. The van der Waals surface area contributed by atoms with Gasteiger partial charge < -0.3 is 9.30 Å². The molecular weight excluding hydrogens is 224 g/mol. The molecule has 0 aliphatic heterocycles. The van der Waals surface area contributed by atoms with Gasteiger partial charge in [0.2, 0.25) is 0 Å². The highest BCUT2D eigenvalue weighted by atomic mass is 32.1. The summed E-state index contributed by atoms with van der Waals surface area (Å²) in [6, 6.07) is 0. The van der Waals surface area contributed by atoms with E-state index in [4.69, 9.17) is 10.1 Å². The van der Waals surface area contributed by atoms with Crippen molar-refractivity contribution < 1.29 is 9.53 Å². The third-order valence-electron chi connectivity index (χ3n) is 2.12. The van der Waals surface area contributed by atoms with Crippen molar-refractivity contribution in [3.8, 4) is 0 Å². The fourth-order valence-electron chi connectivity index (χ4n) is 1.31. The number of thiazole rings is 1. The Balaban J connectivity index is 2.82. The fraction of sp³-hybridized carbons (Fsp3) is 0.636. The zero-order valence-corrected chi connectivity index (χ0v) is 11.2. The van der Waals surface area contributed by atoms with Gasteiger partial charge in [0.15, 0.2) is 4.80 Å². The van der Waals surface area contributed by atoms with Crippen LogP contribution in [-0.4, -0.2) is 16.1 Å². The van der Waals surface area contributed by atoms with E-state index >= 15 is 0 Å². The number of esters is 1. The van der Waals surface area contributed by atoms with Crippen molar-refractivity contribution in [1.29, 1.82) is 5.41 Å². The van der Waals surface area contributed by atoms with E-state index in [1.54, 1.807) is 4.57 Å². The number of nitrogens with zero attached hydrogens (tertiary/aromatic N) is 1. The van der Waals surface area contributed by atoms with E-state index in [9.17, 15) is 4.79 Å². The van der Waals surface area contributed by atoms with Gasteiger partial charge in [-0.05, 0) is 34.6 Å². The van der Waals surface area contributed by atoms with Crippen molar-refractivity contribution in [1.82, 2.24) is 4.57 Å². The third-order valence-corrected chi connectivity index (χ3v) is 3.13. The Morgan fingerprint density at radius 1 is 1.44 bits per heavy atom. The van der Waals surface area contributed by atoms with E-state index in [2.05, 4.69) is 0 Å². The number of aryl methyl sites for hydroxylation is 1. The minimum absolute atomic E-state index is 0.117. The van der Waals surface area contributed by atoms with E-state index in [1.807, 2.05) is 34.6 Å². The number of hydrogen-bond acceptors (Lipinski definition) is 4. The predicted octanol–water partition coefficient (Wildman–Crippen LogP) is 1.99. The van der Waals surface area contributed by atoms with Crippen molar-refractivity contribution in [2.24, 2.45) is 0 Å². The molecule has 0 fully saturated rings. The summed E-state index contributed by atoms with van der Waals surface area (Å²) in [5.41, 5.74) is 0.486. The largest absolute Gasteiger partial charge is 0.459 e. The van der Waals surface area contributed by atoms with E-state index in [0.717, 1.165) is 10.6 Å². The molecule has 0 saturated heterocycles. The van der Waals surface area contributed by atoms with Crippen LogP contribution in [0.4, 0.5) is 0 Å². The van der Waals surface area contributed by atoms with Crippen molar-refractivity contribution in [3.05, 3.63) is 15.4 Å². The SMILES string of the molecule is Cc1sc(=N)n(CC(=O)OC(C)(C)C)c1C. The molecule has 1 rings (SSSR count). The van der Waals surface area contributed by atoms with Gasteiger partial charge in [0, 0.05) is 10.6 Å². The quantitative estimate of drug-likeness (QED) is 0.806. The molecule has 16 heavy (non-hydrogen) atoms. The summed E-state index contributed by atoms with van der Waals surface area (Å²) in [6.45, 7) is 9.48. The van der Waals surface area contributed by atoms with Crippen molar-refractivity contribution >= 4 is 17.3 Å². The van der Waals surface area contributed by atoms with Gasteiger partial charge in [0.1, 0.15) is 12.1 Å². The number of carbonyl (C=O) groups is 1. The van der Waals surface area contributed by atoms with Crippen LogP contribution < -0.4 is 4.80 Å². The molecule has 0 aromatic carbocycles. The van der Waals surface area contributed by atoms with Gasteiger partial charge in [-0.25, -0.2) is 0 Å². The molecule has 5 heteroatoms. The van der Waals surface area contributed by atoms with Gasteiger partial charge in [-0.2, -0.15) is 0 Å². The van der Waals surface area contributed by atoms with Gasteiger partial charge in [0.25, 0.3) is 0 Å². The zero-order chi connectivity index (χ0) is 12.5. The first-order valence-electron chi connectivity index (χ1n) is 5.14. The molecule has 1 aromatic rings. The summed E-state index contributed by atoms with van der Waals surface area (Å²) < 4.78 is 6.90. The molecule has 1 N–H and O–H groups in total. The average molecular weight is 242 g/mol. The standard InChI is InChI=1S/C11H18N2O2S/c1-7-8(2)16-10(12)13(7)6-9(14)15-11(3,4)5/h12H,6H2,1-5H3. The van der Waals surface area contributed by atoms with Crippen LogP contribution in [0.1, 0.15) is 31.3 Å². The summed E-state index contributed by atoms with van der Waals surface area (Å²) in [5, 5.41) is 7.73. The second-order valence-electron chi connectivity index (χ2n) is 4.72. The molecule has 0 atom stereocenters. The summed E-state index contributed by atoms with van der Waals surface area (Å²) in [7, 11) is 0. The van der Waals surface area contributed by atoms with Gasteiger partial charge in [-0.3, -0.25) is 10.2 Å². The summed E-state index contributed by atoms with van der Waals surface area (Å²) in [5.74, 6) is -0.299. The molecule has 0 bridgehead atoms. The van der Waals surface area contributed by atoms with Gasteiger partial charge in [0.05, 0.1) is 0 Å². The Hall–Kier alpha value is -1.10. The Bertz CT molecular complexity index is 452. The van der Waals surface area contributed by atoms with Crippen LogP contribution in [0.25, 0.3) is 0 Å². The maximum Gasteiger partial charge on any atom is 0.326 e. The maximum atomic E-state index is 11.6. The molecule has 0 saturated carbocycles. The second kappa shape index (κ2) is 4.41. The van der Waals surface area contributed by atoms with Crippen LogP contribution in [-0.2, 0) is 16.1 Å². The number of nitrogens with one attached hydrogen (secondary N) is 1. The highest BCUT2D eigenvalue weighted by Gasteiger charge is 2.17. The molecule has 0 aliphatic rings. The van der Waals surface area contributed by atoms with Crippen molar-refractivity contribution in [2.45, 2.75) is 46.8 Å². The molecule has 0 aliphatic carbocycles. The number of carbonyl (C=O) groups excluding carboxylic acids is 1. The molecule has 1 aromatic heterocycles. The molecule has 0 spiro atoms. The molecule has 0 amide bonds. The summed E-state index contributed by atoms with van der Waals surface area (Å²) in [6.07, 6.45) is 0. The lowest BCUT2D eigenvalue weighted by molar-refractivity contribution is -0.155. The number of hydrogen-bond donors (Lipinski definition) is 1. The van der Waals surface area contributed by atoms with Crippen LogP contribution in [0, 0.1) is 19.3 Å². The van der Waals surface area contributed by atoms with E-state index in [0.29, 0.717) is 4.80 Å². The van der Waals surface area contributed by atoms with Crippen molar-refractivity contribution in [3.63, 3.8) is 0 Å². The van der Waals surface area contributed by atoms with Crippen LogP contribution in [0.5, 0.6) is 0 Å². The van der Waals surface area contributed by atoms with Gasteiger partial charge >= 0.3 is 5.97 Å². The fourth-order valence-corrected chi connectivity index (χ4v) is 2.17. The van der Waals surface area contributed by atoms with Crippen LogP contribution >= 0.6 is 11.3 Å². The lowest BCUT2D eigenvalue weighted by Crippen LogP contribution is -2.29. The lowest BCUT2D eigenvalue weighted by Gasteiger charge is -2.19. The summed E-state index contributed by atoms with van der Waals surface area (Å²) >= 11 is 1.38. The van der Waals surface area contributed by atoms with E-state index in [1.165, 1.54) is 11.3 Å². The molecule has 0 radical (unpaired) electrons. The Morgan fingerprint density at radius 2 is 2.00 bits per heavy atom. The molecule has 90 valence electrons. The maximum absolute atomic E-state index is 11.6. The first-order valence-corrected chi connectivity index (χ1v) is 5.95. The first kappa shape index (κ1) is 13.0. The van der Waals surface area contributed by atoms with Crippen molar-refractivity contribution in [2.75, 3.05) is 0 Å². The predicted molar refractivity (Wildman–Crippen MR) is 63.5 cm³/mol. The Morgan fingerprint density at radius 3 is 2.38 bits per heavy atom. The highest BCUT2D eigenvalue weighted by Crippen LogP contribution is 2.11. The third kappa shape index (κ3) is 3.20. The molecular formula is C11H18N2O2S. The van der Waals surface area contributed by atoms with Crippen LogP contribution in [0.3, 0.4) is 0 Å². The smallest absolute Gasteiger partial charge is 0.326 e. The van der Waals surface area contributed by atoms with E-state index in [-0.39, 0.29) is 12.5 Å². The summed E-state index contributed by atoms with van der Waals surface area (Å²) in [4.78, 5) is 13.1. The number of rotatable bonds is 2. The molecule has 1 heterocycles.